The molecule has 0 aliphatic carbocycles. The first-order valence-electron chi connectivity index (χ1n) is 6.06. The zero-order valence-corrected chi connectivity index (χ0v) is 12.2. The van der Waals surface area contributed by atoms with Crippen molar-refractivity contribution in [3.63, 3.8) is 0 Å². The molecular formula is C13H17BrN4. The SMILES string of the molecule is CCCn1c(CN)nnc1-c1cc(C)ccc1Br. The first-order chi connectivity index (χ1) is 8.67. The fourth-order valence-corrected chi connectivity index (χ4v) is 2.38. The topological polar surface area (TPSA) is 56.7 Å². The van der Waals surface area contributed by atoms with Crippen LogP contribution in [-0.4, -0.2) is 14.8 Å². The predicted molar refractivity (Wildman–Crippen MR) is 76.1 cm³/mol. The smallest absolute Gasteiger partial charge is 0.165 e. The highest BCUT2D eigenvalue weighted by Gasteiger charge is 2.14. The number of benzene rings is 1. The largest absolute Gasteiger partial charge is 0.324 e. The van der Waals surface area contributed by atoms with Gasteiger partial charge >= 0.3 is 0 Å². The van der Waals surface area contributed by atoms with Gasteiger partial charge in [-0.1, -0.05) is 34.5 Å². The van der Waals surface area contributed by atoms with Gasteiger partial charge in [0.05, 0.1) is 6.54 Å². The molecule has 2 N–H and O–H groups in total. The van der Waals surface area contributed by atoms with Crippen molar-refractivity contribution in [3.8, 4) is 11.4 Å². The number of halogens is 1. The van der Waals surface area contributed by atoms with Gasteiger partial charge in [-0.25, -0.2) is 0 Å². The second-order valence-corrected chi connectivity index (χ2v) is 5.13. The molecule has 0 fully saturated rings. The van der Waals surface area contributed by atoms with E-state index in [0.717, 1.165) is 34.7 Å². The summed E-state index contributed by atoms with van der Waals surface area (Å²) in [5, 5.41) is 8.45. The van der Waals surface area contributed by atoms with Crippen molar-refractivity contribution in [1.82, 2.24) is 14.8 Å². The Morgan fingerprint density at radius 2 is 2.11 bits per heavy atom. The maximum atomic E-state index is 5.71. The number of nitrogens with two attached hydrogens (primary N) is 1. The van der Waals surface area contributed by atoms with E-state index in [1.807, 2.05) is 6.07 Å². The van der Waals surface area contributed by atoms with Crippen molar-refractivity contribution in [2.75, 3.05) is 0 Å². The van der Waals surface area contributed by atoms with E-state index in [-0.39, 0.29) is 0 Å². The molecule has 0 bridgehead atoms. The van der Waals surface area contributed by atoms with Crippen LogP contribution < -0.4 is 5.73 Å². The van der Waals surface area contributed by atoms with Gasteiger partial charge in [-0.3, -0.25) is 0 Å². The maximum absolute atomic E-state index is 5.71. The highest BCUT2D eigenvalue weighted by molar-refractivity contribution is 9.10. The molecule has 1 heterocycles. The minimum absolute atomic E-state index is 0.413. The van der Waals surface area contributed by atoms with Crippen LogP contribution in [0.5, 0.6) is 0 Å². The number of rotatable bonds is 4. The zero-order valence-electron chi connectivity index (χ0n) is 10.7. The van der Waals surface area contributed by atoms with E-state index < -0.39 is 0 Å². The minimum Gasteiger partial charge on any atom is -0.324 e. The Labute approximate surface area is 115 Å². The van der Waals surface area contributed by atoms with Gasteiger partial charge in [-0.2, -0.15) is 0 Å². The van der Waals surface area contributed by atoms with Gasteiger partial charge < -0.3 is 10.3 Å². The summed E-state index contributed by atoms with van der Waals surface area (Å²) in [5.41, 5.74) is 7.97. The summed E-state index contributed by atoms with van der Waals surface area (Å²) in [6, 6.07) is 6.22. The normalized spacial score (nSPS) is 10.9. The van der Waals surface area contributed by atoms with Gasteiger partial charge in [-0.15, -0.1) is 10.2 Å². The van der Waals surface area contributed by atoms with Crippen LogP contribution in [0.2, 0.25) is 0 Å². The van der Waals surface area contributed by atoms with Gasteiger partial charge in [0, 0.05) is 16.6 Å². The quantitative estimate of drug-likeness (QED) is 0.945. The van der Waals surface area contributed by atoms with Gasteiger partial charge in [-0.05, 0) is 25.5 Å². The molecule has 4 nitrogen and oxygen atoms in total. The number of aryl methyl sites for hydroxylation is 1. The first-order valence-corrected chi connectivity index (χ1v) is 6.85. The van der Waals surface area contributed by atoms with Crippen LogP contribution in [0.3, 0.4) is 0 Å². The molecule has 1 aromatic heterocycles. The fraction of sp³-hybridized carbons (Fsp3) is 0.385. The average Bonchev–Trinajstić information content (AvgIpc) is 2.76. The van der Waals surface area contributed by atoms with Gasteiger partial charge in [0.1, 0.15) is 5.82 Å². The second-order valence-electron chi connectivity index (χ2n) is 4.28. The van der Waals surface area contributed by atoms with Crippen molar-refractivity contribution in [2.24, 2.45) is 5.73 Å². The van der Waals surface area contributed by atoms with E-state index in [1.54, 1.807) is 0 Å². The molecule has 0 atom stereocenters. The van der Waals surface area contributed by atoms with Crippen molar-refractivity contribution >= 4 is 15.9 Å². The van der Waals surface area contributed by atoms with E-state index in [9.17, 15) is 0 Å². The summed E-state index contributed by atoms with van der Waals surface area (Å²) in [6.45, 7) is 5.50. The summed E-state index contributed by atoms with van der Waals surface area (Å²) < 4.78 is 3.13. The molecule has 0 amide bonds. The van der Waals surface area contributed by atoms with Crippen molar-refractivity contribution in [2.45, 2.75) is 33.4 Å². The molecule has 0 saturated carbocycles. The standard InChI is InChI=1S/C13H17BrN4/c1-3-6-18-12(8-15)16-17-13(18)10-7-9(2)4-5-11(10)14/h4-5,7H,3,6,8,15H2,1-2H3. The van der Waals surface area contributed by atoms with Gasteiger partial charge in [0.15, 0.2) is 5.82 Å². The molecule has 0 spiro atoms. The summed E-state index contributed by atoms with van der Waals surface area (Å²) in [5.74, 6) is 1.72. The lowest BCUT2D eigenvalue weighted by molar-refractivity contribution is 0.644. The Balaban J connectivity index is 2.56. The molecular weight excluding hydrogens is 292 g/mol. The molecule has 96 valence electrons. The molecule has 0 unspecified atom stereocenters. The van der Waals surface area contributed by atoms with Crippen LogP contribution in [0.25, 0.3) is 11.4 Å². The maximum Gasteiger partial charge on any atom is 0.165 e. The predicted octanol–water partition coefficient (Wildman–Crippen LogP) is 2.88. The second kappa shape index (κ2) is 5.63. The first kappa shape index (κ1) is 13.2. The third-order valence-electron chi connectivity index (χ3n) is 2.82. The number of hydrogen-bond acceptors (Lipinski definition) is 3. The molecule has 0 radical (unpaired) electrons. The van der Waals surface area contributed by atoms with Crippen LogP contribution in [0.4, 0.5) is 0 Å². The highest BCUT2D eigenvalue weighted by atomic mass is 79.9. The zero-order chi connectivity index (χ0) is 13.1. The summed E-state index contributed by atoms with van der Waals surface area (Å²) in [7, 11) is 0. The molecule has 5 heteroatoms. The number of hydrogen-bond donors (Lipinski definition) is 1. The van der Waals surface area contributed by atoms with E-state index in [1.165, 1.54) is 5.56 Å². The summed E-state index contributed by atoms with van der Waals surface area (Å²) in [4.78, 5) is 0. The van der Waals surface area contributed by atoms with E-state index >= 15 is 0 Å². The lowest BCUT2D eigenvalue weighted by atomic mass is 10.1. The molecule has 1 aromatic carbocycles. The van der Waals surface area contributed by atoms with E-state index in [4.69, 9.17) is 5.73 Å². The van der Waals surface area contributed by atoms with Crippen LogP contribution >= 0.6 is 15.9 Å². The Morgan fingerprint density at radius 3 is 2.78 bits per heavy atom. The van der Waals surface area contributed by atoms with E-state index in [0.29, 0.717) is 6.54 Å². The van der Waals surface area contributed by atoms with Crippen molar-refractivity contribution in [3.05, 3.63) is 34.1 Å². The molecule has 18 heavy (non-hydrogen) atoms. The highest BCUT2D eigenvalue weighted by Crippen LogP contribution is 2.28. The van der Waals surface area contributed by atoms with Gasteiger partial charge in [0.25, 0.3) is 0 Å². The molecule has 0 aliphatic rings. The Kier molecular flexibility index (Phi) is 4.14. The molecule has 2 rings (SSSR count). The lowest BCUT2D eigenvalue weighted by Gasteiger charge is -2.10. The molecule has 0 aliphatic heterocycles. The lowest BCUT2D eigenvalue weighted by Crippen LogP contribution is -2.09. The van der Waals surface area contributed by atoms with Gasteiger partial charge in [0.2, 0.25) is 0 Å². The van der Waals surface area contributed by atoms with Crippen LogP contribution in [-0.2, 0) is 13.1 Å². The summed E-state index contributed by atoms with van der Waals surface area (Å²) in [6.07, 6.45) is 1.03. The van der Waals surface area contributed by atoms with E-state index in [2.05, 4.69) is 56.7 Å². The Bertz CT molecular complexity index is 548. The van der Waals surface area contributed by atoms with Crippen LogP contribution in [0.1, 0.15) is 24.7 Å². The number of aromatic nitrogens is 3. The molecule has 0 saturated heterocycles. The van der Waals surface area contributed by atoms with Crippen LogP contribution in [0.15, 0.2) is 22.7 Å². The minimum atomic E-state index is 0.413. The number of nitrogens with zero attached hydrogens (tertiary/aromatic N) is 3. The van der Waals surface area contributed by atoms with Crippen LogP contribution in [0, 0.1) is 6.92 Å². The third kappa shape index (κ3) is 2.47. The third-order valence-corrected chi connectivity index (χ3v) is 3.51. The Hall–Kier alpha value is -1.20. The fourth-order valence-electron chi connectivity index (χ4n) is 1.95. The summed E-state index contributed by atoms with van der Waals surface area (Å²) >= 11 is 3.57. The monoisotopic (exact) mass is 308 g/mol. The van der Waals surface area contributed by atoms with Crippen molar-refractivity contribution < 1.29 is 0 Å². The average molecular weight is 309 g/mol. The van der Waals surface area contributed by atoms with Crippen molar-refractivity contribution in [1.29, 1.82) is 0 Å². The molecule has 2 aromatic rings. The Morgan fingerprint density at radius 1 is 1.33 bits per heavy atom.